The Morgan fingerprint density at radius 1 is 1.09 bits per heavy atom. The molecule has 0 atom stereocenters. The summed E-state index contributed by atoms with van der Waals surface area (Å²) in [5.74, 6) is 0.782. The molecular formula is C18H18N2O2. The molecule has 2 aromatic carbocycles. The molecule has 1 aliphatic heterocycles. The number of nitriles is 1. The average molecular weight is 294 g/mol. The average Bonchev–Trinajstić information content (AvgIpc) is 2.61. The van der Waals surface area contributed by atoms with Crippen LogP contribution in [0.1, 0.15) is 11.1 Å². The topological polar surface area (TPSA) is 45.5 Å². The fraction of sp³-hybridized carbons (Fsp3) is 0.278. The van der Waals surface area contributed by atoms with Gasteiger partial charge in [0, 0.05) is 19.2 Å². The van der Waals surface area contributed by atoms with Gasteiger partial charge in [-0.15, -0.1) is 0 Å². The zero-order valence-electron chi connectivity index (χ0n) is 12.4. The van der Waals surface area contributed by atoms with Gasteiger partial charge in [-0.25, -0.2) is 0 Å². The van der Waals surface area contributed by atoms with Crippen molar-refractivity contribution >= 4 is 5.69 Å². The van der Waals surface area contributed by atoms with E-state index in [1.807, 2.05) is 48.5 Å². The van der Waals surface area contributed by atoms with E-state index in [4.69, 9.17) is 9.47 Å². The molecule has 0 radical (unpaired) electrons. The van der Waals surface area contributed by atoms with E-state index in [-0.39, 0.29) is 0 Å². The lowest BCUT2D eigenvalue weighted by Gasteiger charge is -2.29. The zero-order valence-corrected chi connectivity index (χ0v) is 12.4. The number of hydrogen-bond donors (Lipinski definition) is 0. The SMILES string of the molecule is N#Cc1ccc(OCc2ccccc2)cc1N1CCOCC1. The van der Waals surface area contributed by atoms with Gasteiger partial charge >= 0.3 is 0 Å². The number of benzene rings is 2. The van der Waals surface area contributed by atoms with Crippen LogP contribution in [0.3, 0.4) is 0 Å². The van der Waals surface area contributed by atoms with Crippen LogP contribution in [0.5, 0.6) is 5.75 Å². The van der Waals surface area contributed by atoms with Crippen molar-refractivity contribution in [1.82, 2.24) is 0 Å². The van der Waals surface area contributed by atoms with Crippen molar-refractivity contribution in [3.63, 3.8) is 0 Å². The lowest BCUT2D eigenvalue weighted by atomic mass is 10.1. The maximum atomic E-state index is 9.30. The summed E-state index contributed by atoms with van der Waals surface area (Å²) in [5.41, 5.74) is 2.73. The van der Waals surface area contributed by atoms with Crippen molar-refractivity contribution in [3.05, 3.63) is 59.7 Å². The largest absolute Gasteiger partial charge is 0.489 e. The first kappa shape index (κ1) is 14.4. The fourth-order valence-electron chi connectivity index (χ4n) is 2.50. The molecule has 1 aliphatic rings. The van der Waals surface area contributed by atoms with Gasteiger partial charge in [0.1, 0.15) is 18.4 Å². The number of hydrogen-bond acceptors (Lipinski definition) is 4. The monoisotopic (exact) mass is 294 g/mol. The van der Waals surface area contributed by atoms with E-state index in [2.05, 4.69) is 11.0 Å². The molecule has 0 amide bonds. The van der Waals surface area contributed by atoms with E-state index < -0.39 is 0 Å². The van der Waals surface area contributed by atoms with Gasteiger partial charge in [0.15, 0.2) is 0 Å². The van der Waals surface area contributed by atoms with E-state index in [9.17, 15) is 5.26 Å². The minimum atomic E-state index is 0.523. The Bertz CT molecular complexity index is 659. The van der Waals surface area contributed by atoms with Crippen molar-refractivity contribution in [2.24, 2.45) is 0 Å². The van der Waals surface area contributed by atoms with Gasteiger partial charge in [-0.05, 0) is 17.7 Å². The summed E-state index contributed by atoms with van der Waals surface area (Å²) in [6.45, 7) is 3.52. The Kier molecular flexibility index (Phi) is 4.57. The Morgan fingerprint density at radius 2 is 1.86 bits per heavy atom. The van der Waals surface area contributed by atoms with Gasteiger partial charge in [0.05, 0.1) is 24.5 Å². The van der Waals surface area contributed by atoms with Crippen molar-refractivity contribution in [1.29, 1.82) is 5.26 Å². The van der Waals surface area contributed by atoms with Crippen LogP contribution in [0.4, 0.5) is 5.69 Å². The second kappa shape index (κ2) is 6.97. The third-order valence-corrected chi connectivity index (χ3v) is 3.69. The van der Waals surface area contributed by atoms with Crippen molar-refractivity contribution < 1.29 is 9.47 Å². The molecule has 2 aromatic rings. The number of nitrogens with zero attached hydrogens (tertiary/aromatic N) is 2. The fourth-order valence-corrected chi connectivity index (χ4v) is 2.50. The summed E-state index contributed by atoms with van der Waals surface area (Å²) in [6.07, 6.45) is 0. The maximum absolute atomic E-state index is 9.30. The Balaban J connectivity index is 1.76. The van der Waals surface area contributed by atoms with Crippen LogP contribution < -0.4 is 9.64 Å². The summed E-state index contributed by atoms with van der Waals surface area (Å²) in [5, 5.41) is 9.30. The molecule has 0 aromatic heterocycles. The van der Waals surface area contributed by atoms with E-state index in [1.165, 1.54) is 0 Å². The van der Waals surface area contributed by atoms with Gasteiger partial charge in [0.2, 0.25) is 0 Å². The van der Waals surface area contributed by atoms with E-state index in [0.29, 0.717) is 25.4 Å². The predicted octanol–water partition coefficient (Wildman–Crippen LogP) is 2.97. The molecule has 22 heavy (non-hydrogen) atoms. The number of anilines is 1. The summed E-state index contributed by atoms with van der Waals surface area (Å²) >= 11 is 0. The standard InChI is InChI=1S/C18H18N2O2/c19-13-16-6-7-17(22-14-15-4-2-1-3-5-15)12-18(16)20-8-10-21-11-9-20/h1-7,12H,8-11,14H2. The smallest absolute Gasteiger partial charge is 0.121 e. The Hall–Kier alpha value is -2.51. The maximum Gasteiger partial charge on any atom is 0.121 e. The summed E-state index contributed by atoms with van der Waals surface area (Å²) in [4.78, 5) is 2.18. The summed E-state index contributed by atoms with van der Waals surface area (Å²) < 4.78 is 11.2. The van der Waals surface area contributed by atoms with Gasteiger partial charge in [-0.2, -0.15) is 5.26 Å². The Morgan fingerprint density at radius 3 is 2.59 bits per heavy atom. The van der Waals surface area contributed by atoms with Crippen LogP contribution in [0.15, 0.2) is 48.5 Å². The minimum Gasteiger partial charge on any atom is -0.489 e. The van der Waals surface area contributed by atoms with Crippen LogP contribution in [0, 0.1) is 11.3 Å². The highest BCUT2D eigenvalue weighted by molar-refractivity contribution is 5.62. The van der Waals surface area contributed by atoms with Gasteiger partial charge < -0.3 is 14.4 Å². The van der Waals surface area contributed by atoms with Crippen LogP contribution in [-0.2, 0) is 11.3 Å². The molecule has 1 saturated heterocycles. The first-order valence-corrected chi connectivity index (χ1v) is 7.40. The molecule has 1 heterocycles. The van der Waals surface area contributed by atoms with Gasteiger partial charge in [-0.3, -0.25) is 0 Å². The third-order valence-electron chi connectivity index (χ3n) is 3.69. The number of ether oxygens (including phenoxy) is 2. The van der Waals surface area contributed by atoms with Crippen molar-refractivity contribution in [2.75, 3.05) is 31.2 Å². The number of morpholine rings is 1. The second-order valence-electron chi connectivity index (χ2n) is 5.16. The Labute approximate surface area is 130 Å². The molecule has 0 aliphatic carbocycles. The molecule has 3 rings (SSSR count). The molecule has 112 valence electrons. The summed E-state index contributed by atoms with van der Waals surface area (Å²) in [6, 6.07) is 17.9. The normalized spacial score (nSPS) is 14.4. The third kappa shape index (κ3) is 3.38. The lowest BCUT2D eigenvalue weighted by Crippen LogP contribution is -2.36. The molecule has 0 unspecified atom stereocenters. The highest BCUT2D eigenvalue weighted by Crippen LogP contribution is 2.27. The van der Waals surface area contributed by atoms with Crippen molar-refractivity contribution in [2.45, 2.75) is 6.61 Å². The van der Waals surface area contributed by atoms with E-state index in [1.54, 1.807) is 0 Å². The molecule has 0 N–H and O–H groups in total. The molecular weight excluding hydrogens is 276 g/mol. The molecule has 1 fully saturated rings. The minimum absolute atomic E-state index is 0.523. The highest BCUT2D eigenvalue weighted by atomic mass is 16.5. The van der Waals surface area contributed by atoms with E-state index in [0.717, 1.165) is 30.1 Å². The van der Waals surface area contributed by atoms with Crippen LogP contribution in [-0.4, -0.2) is 26.3 Å². The summed E-state index contributed by atoms with van der Waals surface area (Å²) in [7, 11) is 0. The highest BCUT2D eigenvalue weighted by Gasteiger charge is 2.15. The van der Waals surface area contributed by atoms with Gasteiger partial charge in [0.25, 0.3) is 0 Å². The second-order valence-corrected chi connectivity index (χ2v) is 5.16. The first-order chi connectivity index (χ1) is 10.9. The van der Waals surface area contributed by atoms with Crippen LogP contribution >= 0.6 is 0 Å². The molecule has 0 saturated carbocycles. The zero-order chi connectivity index (χ0) is 15.2. The van der Waals surface area contributed by atoms with Crippen molar-refractivity contribution in [3.8, 4) is 11.8 Å². The molecule has 0 bridgehead atoms. The first-order valence-electron chi connectivity index (χ1n) is 7.40. The van der Waals surface area contributed by atoms with Gasteiger partial charge in [-0.1, -0.05) is 30.3 Å². The quantitative estimate of drug-likeness (QED) is 0.869. The predicted molar refractivity (Wildman–Crippen MR) is 85.0 cm³/mol. The van der Waals surface area contributed by atoms with Crippen LogP contribution in [0.25, 0.3) is 0 Å². The molecule has 0 spiro atoms. The molecule has 4 nitrogen and oxygen atoms in total. The molecule has 4 heteroatoms. The van der Waals surface area contributed by atoms with E-state index >= 15 is 0 Å². The van der Waals surface area contributed by atoms with Crippen LogP contribution in [0.2, 0.25) is 0 Å². The lowest BCUT2D eigenvalue weighted by molar-refractivity contribution is 0.122. The number of rotatable bonds is 4.